The molecule has 0 aromatic rings. The predicted molar refractivity (Wildman–Crippen MR) is 56.8 cm³/mol. The molecule has 1 saturated heterocycles. The average Bonchev–Trinajstić information content (AvgIpc) is 2.24. The lowest BCUT2D eigenvalue weighted by Gasteiger charge is -2.11. The zero-order valence-corrected chi connectivity index (χ0v) is 9.20. The number of ether oxygens (including phenoxy) is 4. The lowest BCUT2D eigenvalue weighted by Crippen LogP contribution is -2.11. The molecule has 1 fully saturated rings. The van der Waals surface area contributed by atoms with E-state index >= 15 is 0 Å². The molecule has 1 rings (SSSR count). The summed E-state index contributed by atoms with van der Waals surface area (Å²) in [5.74, 6) is 0.688. The molecule has 4 nitrogen and oxygen atoms in total. The summed E-state index contributed by atoms with van der Waals surface area (Å²) in [6, 6.07) is 0. The summed E-state index contributed by atoms with van der Waals surface area (Å²) in [6.07, 6.45) is 1.77. The minimum Gasteiger partial charge on any atom is -0.496 e. The SMILES string of the molecule is C=C1COCCCOCCOCCCO1. The van der Waals surface area contributed by atoms with Crippen molar-refractivity contribution in [1.82, 2.24) is 0 Å². The summed E-state index contributed by atoms with van der Waals surface area (Å²) >= 11 is 0. The van der Waals surface area contributed by atoms with E-state index in [1.54, 1.807) is 0 Å². The van der Waals surface area contributed by atoms with Gasteiger partial charge in [-0.2, -0.15) is 0 Å². The Morgan fingerprint density at radius 2 is 1.33 bits per heavy atom. The summed E-state index contributed by atoms with van der Waals surface area (Å²) in [4.78, 5) is 0. The molecule has 15 heavy (non-hydrogen) atoms. The second-order valence-corrected chi connectivity index (χ2v) is 3.37. The molecule has 0 unspecified atom stereocenters. The lowest BCUT2D eigenvalue weighted by atomic mass is 10.4. The zero-order valence-electron chi connectivity index (χ0n) is 9.20. The highest BCUT2D eigenvalue weighted by atomic mass is 16.5. The molecule has 0 N–H and O–H groups in total. The van der Waals surface area contributed by atoms with Gasteiger partial charge in [0.15, 0.2) is 0 Å². The lowest BCUT2D eigenvalue weighted by molar-refractivity contribution is 0.0199. The fourth-order valence-corrected chi connectivity index (χ4v) is 1.19. The molecule has 0 aromatic carbocycles. The van der Waals surface area contributed by atoms with Crippen molar-refractivity contribution in [3.63, 3.8) is 0 Å². The Bertz CT molecular complexity index is 154. The monoisotopic (exact) mass is 216 g/mol. The summed E-state index contributed by atoms with van der Waals surface area (Å²) in [5, 5.41) is 0. The third kappa shape index (κ3) is 7.36. The van der Waals surface area contributed by atoms with Crippen LogP contribution in [0.15, 0.2) is 12.3 Å². The molecule has 1 heterocycles. The van der Waals surface area contributed by atoms with E-state index in [2.05, 4.69) is 6.58 Å². The van der Waals surface area contributed by atoms with Crippen molar-refractivity contribution in [2.45, 2.75) is 12.8 Å². The van der Waals surface area contributed by atoms with Gasteiger partial charge in [-0.05, 0) is 6.42 Å². The van der Waals surface area contributed by atoms with Crippen LogP contribution in [0.5, 0.6) is 0 Å². The molecular weight excluding hydrogens is 196 g/mol. The standard InChI is InChI=1S/C11H20O4/c1-11-10-14-6-2-4-12-8-9-13-5-3-7-15-11/h1-10H2. The zero-order chi connectivity index (χ0) is 10.8. The van der Waals surface area contributed by atoms with Crippen molar-refractivity contribution in [3.05, 3.63) is 12.3 Å². The normalized spacial score (nSPS) is 22.8. The van der Waals surface area contributed by atoms with Gasteiger partial charge in [0, 0.05) is 26.2 Å². The average molecular weight is 216 g/mol. The first kappa shape index (κ1) is 12.5. The van der Waals surface area contributed by atoms with Gasteiger partial charge in [-0.1, -0.05) is 6.58 Å². The fraction of sp³-hybridized carbons (Fsp3) is 0.818. The molecular formula is C11H20O4. The van der Waals surface area contributed by atoms with Gasteiger partial charge in [0.25, 0.3) is 0 Å². The Morgan fingerprint density at radius 3 is 2.07 bits per heavy atom. The molecule has 0 atom stereocenters. The summed E-state index contributed by atoms with van der Waals surface area (Å²) in [7, 11) is 0. The highest BCUT2D eigenvalue weighted by molar-refractivity contribution is 4.81. The van der Waals surface area contributed by atoms with E-state index in [0.717, 1.165) is 19.4 Å². The maximum absolute atomic E-state index is 5.36. The number of hydrogen-bond acceptors (Lipinski definition) is 4. The minimum atomic E-state index is 0.473. The van der Waals surface area contributed by atoms with Crippen LogP contribution in [0.4, 0.5) is 0 Å². The van der Waals surface area contributed by atoms with Crippen molar-refractivity contribution in [3.8, 4) is 0 Å². The molecule has 0 spiro atoms. The van der Waals surface area contributed by atoms with Crippen LogP contribution in [-0.4, -0.2) is 46.2 Å². The van der Waals surface area contributed by atoms with Crippen LogP contribution in [0, 0.1) is 0 Å². The summed E-state index contributed by atoms with van der Waals surface area (Å²) in [5.41, 5.74) is 0. The molecule has 1 aliphatic heterocycles. The van der Waals surface area contributed by atoms with Crippen molar-refractivity contribution in [1.29, 1.82) is 0 Å². The topological polar surface area (TPSA) is 36.9 Å². The molecule has 0 bridgehead atoms. The Hall–Kier alpha value is -0.580. The maximum atomic E-state index is 5.36. The van der Waals surface area contributed by atoms with Gasteiger partial charge in [0.1, 0.15) is 12.4 Å². The number of rotatable bonds is 0. The van der Waals surface area contributed by atoms with Crippen LogP contribution < -0.4 is 0 Å². The Balaban J connectivity index is 2.13. The van der Waals surface area contributed by atoms with E-state index in [0.29, 0.717) is 45.4 Å². The first-order chi connectivity index (χ1) is 7.39. The van der Waals surface area contributed by atoms with E-state index in [-0.39, 0.29) is 0 Å². The molecule has 0 aromatic heterocycles. The van der Waals surface area contributed by atoms with Crippen LogP contribution >= 0.6 is 0 Å². The number of hydrogen-bond donors (Lipinski definition) is 0. The molecule has 0 radical (unpaired) electrons. The van der Waals surface area contributed by atoms with E-state index in [9.17, 15) is 0 Å². The molecule has 4 heteroatoms. The molecule has 88 valence electrons. The van der Waals surface area contributed by atoms with Crippen LogP contribution in [0.3, 0.4) is 0 Å². The largest absolute Gasteiger partial charge is 0.496 e. The van der Waals surface area contributed by atoms with Gasteiger partial charge in [-0.25, -0.2) is 0 Å². The Labute approximate surface area is 91.1 Å². The van der Waals surface area contributed by atoms with Crippen LogP contribution in [0.2, 0.25) is 0 Å². The quantitative estimate of drug-likeness (QED) is 0.612. The van der Waals surface area contributed by atoms with Gasteiger partial charge < -0.3 is 18.9 Å². The van der Waals surface area contributed by atoms with E-state index in [4.69, 9.17) is 18.9 Å². The van der Waals surface area contributed by atoms with E-state index in [1.807, 2.05) is 0 Å². The van der Waals surface area contributed by atoms with Gasteiger partial charge in [0.2, 0.25) is 0 Å². The van der Waals surface area contributed by atoms with Crippen molar-refractivity contribution >= 4 is 0 Å². The third-order valence-corrected chi connectivity index (χ3v) is 1.95. The fourth-order valence-electron chi connectivity index (χ4n) is 1.19. The third-order valence-electron chi connectivity index (χ3n) is 1.95. The summed E-state index contributed by atoms with van der Waals surface area (Å²) < 4.78 is 21.4. The smallest absolute Gasteiger partial charge is 0.114 e. The summed E-state index contributed by atoms with van der Waals surface area (Å²) in [6.45, 7) is 8.30. The van der Waals surface area contributed by atoms with E-state index < -0.39 is 0 Å². The van der Waals surface area contributed by atoms with Crippen LogP contribution in [-0.2, 0) is 18.9 Å². The maximum Gasteiger partial charge on any atom is 0.114 e. The minimum absolute atomic E-state index is 0.473. The van der Waals surface area contributed by atoms with Gasteiger partial charge in [-0.15, -0.1) is 0 Å². The molecule has 0 aliphatic carbocycles. The molecule has 0 amide bonds. The first-order valence-electron chi connectivity index (χ1n) is 5.43. The van der Waals surface area contributed by atoms with Gasteiger partial charge in [-0.3, -0.25) is 0 Å². The van der Waals surface area contributed by atoms with Gasteiger partial charge in [0.05, 0.1) is 19.8 Å². The van der Waals surface area contributed by atoms with Crippen molar-refractivity contribution in [2.75, 3.05) is 46.2 Å². The Kier molecular flexibility index (Phi) is 7.25. The second kappa shape index (κ2) is 8.71. The second-order valence-electron chi connectivity index (χ2n) is 3.37. The van der Waals surface area contributed by atoms with Crippen molar-refractivity contribution < 1.29 is 18.9 Å². The molecule has 1 aliphatic rings. The van der Waals surface area contributed by atoms with Crippen molar-refractivity contribution in [2.24, 2.45) is 0 Å². The highest BCUT2D eigenvalue weighted by Gasteiger charge is 1.98. The van der Waals surface area contributed by atoms with Crippen LogP contribution in [0.1, 0.15) is 12.8 Å². The highest BCUT2D eigenvalue weighted by Crippen LogP contribution is 1.98. The van der Waals surface area contributed by atoms with E-state index in [1.165, 1.54) is 0 Å². The Morgan fingerprint density at radius 1 is 0.733 bits per heavy atom. The molecule has 0 saturated carbocycles. The first-order valence-corrected chi connectivity index (χ1v) is 5.43. The van der Waals surface area contributed by atoms with Crippen LogP contribution in [0.25, 0.3) is 0 Å². The van der Waals surface area contributed by atoms with Gasteiger partial charge >= 0.3 is 0 Å². The predicted octanol–water partition coefficient (Wildman–Crippen LogP) is 1.36.